The predicted molar refractivity (Wildman–Crippen MR) is 98.8 cm³/mol. The van der Waals surface area contributed by atoms with Crippen LogP contribution in [-0.4, -0.2) is 68.2 Å². The first kappa shape index (κ1) is 26.7. The van der Waals surface area contributed by atoms with Gasteiger partial charge in [0.25, 0.3) is 0 Å². The van der Waals surface area contributed by atoms with Gasteiger partial charge in [0.1, 0.15) is 18.5 Å². The Morgan fingerprint density at radius 3 is 2.38 bits per heavy atom. The van der Waals surface area contributed by atoms with E-state index in [0.717, 1.165) is 13.3 Å². The molecule has 18 nitrogen and oxygen atoms in total. The number of aliphatic hydroxyl groups excluding tert-OH is 1. The Labute approximate surface area is 178 Å². The van der Waals surface area contributed by atoms with Crippen LogP contribution < -0.4 is 11.4 Å². The lowest BCUT2D eigenvalue weighted by Crippen LogP contribution is -2.48. The van der Waals surface area contributed by atoms with Crippen LogP contribution in [0.3, 0.4) is 0 Å². The van der Waals surface area contributed by atoms with E-state index in [-0.39, 0.29) is 0 Å². The van der Waals surface area contributed by atoms with E-state index in [1.807, 2.05) is 5.92 Å². The fourth-order valence-corrected chi connectivity index (χ4v) is 5.81. The molecule has 180 valence electrons. The topological polar surface area (TPSA) is 283 Å². The van der Waals surface area contributed by atoms with Gasteiger partial charge in [0.05, 0.1) is 6.10 Å². The van der Waals surface area contributed by atoms with Crippen LogP contribution >= 0.6 is 23.5 Å². The molecular formula is C11H17N4O14P3. The molecule has 0 aliphatic carbocycles. The summed E-state index contributed by atoms with van der Waals surface area (Å²) in [5, 5.41) is 21.1. The molecular weight excluding hydrogens is 505 g/mol. The SMILES string of the molecule is C#CC1(O)[C@@H](O)[C@@H]([C@@H](C)OP(=O)(O)OP(=O)(O)OP(=O)(O)O)O[C@H]1n1cnc(N)nc1=O. The number of ether oxygens (including phenoxy) is 1. The zero-order chi connectivity index (χ0) is 24.7. The maximum absolute atomic E-state index is 12.0. The zero-order valence-electron chi connectivity index (χ0n) is 15.7. The molecule has 1 saturated heterocycles. The summed E-state index contributed by atoms with van der Waals surface area (Å²) in [4.78, 5) is 54.7. The highest BCUT2D eigenvalue weighted by molar-refractivity contribution is 7.66. The second kappa shape index (κ2) is 9.01. The fraction of sp³-hybridized carbons (Fsp3) is 0.545. The zero-order valence-corrected chi connectivity index (χ0v) is 18.4. The quantitative estimate of drug-likeness (QED) is 0.138. The highest BCUT2D eigenvalue weighted by Gasteiger charge is 2.58. The number of nitrogens with zero attached hydrogens (tertiary/aromatic N) is 3. The van der Waals surface area contributed by atoms with Crippen LogP contribution in [0.4, 0.5) is 5.95 Å². The average Bonchev–Trinajstić information content (AvgIpc) is 2.84. The molecule has 2 heterocycles. The van der Waals surface area contributed by atoms with Crippen LogP contribution in [-0.2, 0) is 31.6 Å². The molecule has 0 bridgehead atoms. The van der Waals surface area contributed by atoms with Gasteiger partial charge in [0, 0.05) is 0 Å². The van der Waals surface area contributed by atoms with E-state index >= 15 is 0 Å². The second-order valence-corrected chi connectivity index (χ2v) is 10.5. The number of hydrogen-bond acceptors (Lipinski definition) is 13. The maximum Gasteiger partial charge on any atom is 0.490 e. The van der Waals surface area contributed by atoms with E-state index < -0.39 is 65.2 Å². The Morgan fingerprint density at radius 1 is 1.28 bits per heavy atom. The molecule has 8 N–H and O–H groups in total. The third-order valence-corrected chi connectivity index (χ3v) is 7.76. The van der Waals surface area contributed by atoms with Crippen LogP contribution in [0.5, 0.6) is 0 Å². The van der Waals surface area contributed by atoms with Crippen LogP contribution in [0.25, 0.3) is 0 Å². The Morgan fingerprint density at radius 2 is 1.88 bits per heavy atom. The molecule has 1 aromatic rings. The molecule has 0 spiro atoms. The first-order valence-electron chi connectivity index (χ1n) is 7.97. The number of aromatic nitrogens is 3. The molecule has 7 atom stereocenters. The fourth-order valence-electron chi connectivity index (χ4n) is 2.61. The molecule has 21 heteroatoms. The van der Waals surface area contributed by atoms with Crippen molar-refractivity contribution in [3.63, 3.8) is 0 Å². The smallest absolute Gasteiger partial charge is 0.386 e. The van der Waals surface area contributed by atoms with Gasteiger partial charge < -0.3 is 40.3 Å². The Bertz CT molecular complexity index is 1110. The number of anilines is 1. The minimum absolute atomic E-state index is 0.424. The van der Waals surface area contributed by atoms with Gasteiger partial charge in [-0.3, -0.25) is 9.09 Å². The number of aliphatic hydroxyl groups is 2. The number of terminal acetylenes is 1. The number of phosphoric acid groups is 3. The minimum atomic E-state index is -5.80. The summed E-state index contributed by atoms with van der Waals surface area (Å²) < 4.78 is 51.6. The molecule has 1 aliphatic heterocycles. The van der Waals surface area contributed by atoms with E-state index in [2.05, 4.69) is 23.1 Å². The van der Waals surface area contributed by atoms with Crippen molar-refractivity contribution in [3.05, 3.63) is 16.8 Å². The molecule has 1 aromatic heterocycles. The summed E-state index contributed by atoms with van der Waals surface area (Å²) in [5.41, 5.74) is 1.55. The second-order valence-electron chi connectivity index (χ2n) is 6.17. The summed E-state index contributed by atoms with van der Waals surface area (Å²) >= 11 is 0. The highest BCUT2D eigenvalue weighted by Crippen LogP contribution is 2.66. The van der Waals surface area contributed by atoms with E-state index in [4.69, 9.17) is 26.7 Å². The monoisotopic (exact) mass is 522 g/mol. The lowest BCUT2D eigenvalue weighted by Gasteiger charge is -2.26. The molecule has 0 aromatic carbocycles. The number of rotatable bonds is 8. The molecule has 1 aliphatic rings. The van der Waals surface area contributed by atoms with Gasteiger partial charge >= 0.3 is 29.2 Å². The van der Waals surface area contributed by atoms with Gasteiger partial charge in [-0.2, -0.15) is 13.6 Å². The van der Waals surface area contributed by atoms with Crippen molar-refractivity contribution >= 4 is 29.4 Å². The van der Waals surface area contributed by atoms with Crippen LogP contribution in [0.15, 0.2) is 11.1 Å². The Balaban J connectivity index is 2.27. The first-order valence-corrected chi connectivity index (χ1v) is 12.5. The van der Waals surface area contributed by atoms with Gasteiger partial charge in [-0.15, -0.1) is 6.42 Å². The van der Waals surface area contributed by atoms with E-state index in [0.29, 0.717) is 4.57 Å². The standard InChI is InChI=1S/C11H17N4O14P3/c1-3-11(18)7(16)6(26-8(11)15-4-13-9(12)14-10(15)17)5(2)27-31(22,23)29-32(24,25)28-30(19,20)21/h1,4-8,16,18H,2H3,(H,22,23)(H,24,25)(H2,12,14,17)(H2,19,20,21)/t5-,6-,7+,8-,11?/m1/s1. The first-order chi connectivity index (χ1) is 14.4. The highest BCUT2D eigenvalue weighted by atomic mass is 31.3. The van der Waals surface area contributed by atoms with Crippen LogP contribution in [0, 0.1) is 12.3 Å². The summed E-state index contributed by atoms with van der Waals surface area (Å²) in [6.45, 7) is 0.966. The number of phosphoric ester groups is 1. The van der Waals surface area contributed by atoms with Crippen LogP contribution in [0.2, 0.25) is 0 Å². The van der Waals surface area contributed by atoms with Gasteiger partial charge in [-0.25, -0.2) is 23.5 Å². The summed E-state index contributed by atoms with van der Waals surface area (Å²) in [7, 11) is -17.0. The van der Waals surface area contributed by atoms with Gasteiger partial charge in [-0.1, -0.05) is 5.92 Å². The van der Waals surface area contributed by atoms with Gasteiger partial charge in [0.15, 0.2) is 11.8 Å². The normalized spacial score (nSPS) is 30.8. The summed E-state index contributed by atoms with van der Waals surface area (Å²) in [6, 6.07) is 0. The van der Waals surface area contributed by atoms with Crippen molar-refractivity contribution in [2.45, 2.75) is 37.1 Å². The van der Waals surface area contributed by atoms with Crippen molar-refractivity contribution in [3.8, 4) is 12.3 Å². The molecule has 1 fully saturated rings. The number of nitrogens with two attached hydrogens (primary N) is 1. The van der Waals surface area contributed by atoms with Gasteiger partial charge in [-0.05, 0) is 6.92 Å². The van der Waals surface area contributed by atoms with E-state index in [1.165, 1.54) is 0 Å². The molecule has 2 rings (SSSR count). The third kappa shape index (κ3) is 6.07. The molecule has 0 radical (unpaired) electrons. The average molecular weight is 522 g/mol. The maximum atomic E-state index is 12.0. The molecule has 32 heavy (non-hydrogen) atoms. The van der Waals surface area contributed by atoms with Crippen molar-refractivity contribution in [1.29, 1.82) is 0 Å². The number of nitrogen functional groups attached to an aromatic ring is 1. The van der Waals surface area contributed by atoms with Crippen LogP contribution in [0.1, 0.15) is 13.2 Å². The van der Waals surface area contributed by atoms with E-state index in [1.54, 1.807) is 0 Å². The summed E-state index contributed by atoms with van der Waals surface area (Å²) in [6.07, 6.45) is -1.41. The predicted octanol–water partition coefficient (Wildman–Crippen LogP) is -2.43. The largest absolute Gasteiger partial charge is 0.490 e. The van der Waals surface area contributed by atoms with Crippen molar-refractivity contribution < 1.29 is 61.4 Å². The molecule has 3 unspecified atom stereocenters. The Hall–Kier alpha value is -1.54. The van der Waals surface area contributed by atoms with E-state index in [9.17, 15) is 38.5 Å². The lowest BCUT2D eigenvalue weighted by molar-refractivity contribution is -0.0872. The van der Waals surface area contributed by atoms with Crippen molar-refractivity contribution in [2.75, 3.05) is 5.73 Å². The lowest BCUT2D eigenvalue weighted by atomic mass is 9.93. The van der Waals surface area contributed by atoms with Crippen molar-refractivity contribution in [2.24, 2.45) is 0 Å². The molecule has 0 amide bonds. The molecule has 0 saturated carbocycles. The van der Waals surface area contributed by atoms with Gasteiger partial charge in [0.2, 0.25) is 5.95 Å². The summed E-state index contributed by atoms with van der Waals surface area (Å²) in [5.74, 6) is 1.39. The third-order valence-electron chi connectivity index (χ3n) is 3.83. The minimum Gasteiger partial charge on any atom is -0.386 e. The Kier molecular flexibility index (Phi) is 7.52. The van der Waals surface area contributed by atoms with Crippen molar-refractivity contribution in [1.82, 2.24) is 14.5 Å². The number of hydrogen-bond donors (Lipinski definition) is 7.